The van der Waals surface area contributed by atoms with Gasteiger partial charge >= 0.3 is 0 Å². The number of amides is 1. The van der Waals surface area contributed by atoms with Gasteiger partial charge in [-0.15, -0.1) is 0 Å². The first-order valence-corrected chi connectivity index (χ1v) is 7.87. The molecule has 0 heterocycles. The van der Waals surface area contributed by atoms with E-state index in [4.69, 9.17) is 21.4 Å². The molecule has 21 heavy (non-hydrogen) atoms. The topological polar surface area (TPSA) is 95.9 Å². The molecule has 0 unspecified atom stereocenters. The van der Waals surface area contributed by atoms with E-state index in [1.807, 2.05) is 0 Å². The van der Waals surface area contributed by atoms with Crippen LogP contribution in [-0.4, -0.2) is 58.2 Å². The normalized spacial score (nSPS) is 11.2. The van der Waals surface area contributed by atoms with Crippen LogP contribution in [0.15, 0.2) is 23.1 Å². The van der Waals surface area contributed by atoms with Gasteiger partial charge in [0.15, 0.2) is 6.61 Å². The lowest BCUT2D eigenvalue weighted by Crippen LogP contribution is -2.28. The second kappa shape index (κ2) is 7.60. The van der Waals surface area contributed by atoms with Crippen LogP contribution in [0, 0.1) is 0 Å². The first kappa shape index (κ1) is 17.7. The molecule has 0 atom stereocenters. The molecule has 0 saturated carbocycles. The fourth-order valence-electron chi connectivity index (χ4n) is 1.30. The largest absolute Gasteiger partial charge is 0.482 e. The Hall–Kier alpha value is -1.35. The molecule has 0 aliphatic carbocycles. The fourth-order valence-corrected chi connectivity index (χ4v) is 2.64. The summed E-state index contributed by atoms with van der Waals surface area (Å²) < 4.78 is 31.1. The highest BCUT2D eigenvalue weighted by Crippen LogP contribution is 2.27. The lowest BCUT2D eigenvalue weighted by atomic mass is 10.3. The number of sulfonamides is 1. The Balaban J connectivity index is 2.83. The number of aliphatic hydroxyl groups is 1. The van der Waals surface area contributed by atoms with Crippen molar-refractivity contribution in [3.05, 3.63) is 23.2 Å². The molecule has 1 aromatic rings. The Morgan fingerprint density at radius 1 is 1.43 bits per heavy atom. The predicted molar refractivity (Wildman–Crippen MR) is 77.9 cm³/mol. The molecule has 0 aliphatic heterocycles. The summed E-state index contributed by atoms with van der Waals surface area (Å²) in [7, 11) is -0.545. The molecule has 2 N–H and O–H groups in total. The molecule has 9 heteroatoms. The van der Waals surface area contributed by atoms with Gasteiger partial charge in [0.1, 0.15) is 5.75 Å². The molecular weight excluding hydrogens is 320 g/mol. The summed E-state index contributed by atoms with van der Waals surface area (Å²) in [4.78, 5) is 12.7. The van der Waals surface area contributed by atoms with Crippen LogP contribution >= 0.6 is 11.6 Å². The number of rotatable bonds is 7. The number of aliphatic hydroxyl groups excluding tert-OH is 1. The minimum Gasteiger partial charge on any atom is -0.482 e. The molecule has 1 rings (SSSR count). The van der Waals surface area contributed by atoms with Gasteiger partial charge in [0.2, 0.25) is 10.0 Å². The molecular formula is C12H17ClN2O5S. The van der Waals surface area contributed by atoms with E-state index in [2.05, 4.69) is 4.72 Å². The third-order valence-corrected chi connectivity index (χ3v) is 4.22. The maximum Gasteiger partial charge on any atom is 0.259 e. The van der Waals surface area contributed by atoms with Crippen molar-refractivity contribution in [3.63, 3.8) is 0 Å². The van der Waals surface area contributed by atoms with Crippen LogP contribution in [-0.2, 0) is 14.8 Å². The van der Waals surface area contributed by atoms with Gasteiger partial charge in [-0.1, -0.05) is 11.6 Å². The van der Waals surface area contributed by atoms with Crippen molar-refractivity contribution in [1.29, 1.82) is 0 Å². The van der Waals surface area contributed by atoms with Crippen LogP contribution in [0.3, 0.4) is 0 Å². The number of benzene rings is 1. The Morgan fingerprint density at radius 2 is 2.10 bits per heavy atom. The molecule has 0 radical (unpaired) electrons. The van der Waals surface area contributed by atoms with Crippen molar-refractivity contribution in [3.8, 4) is 5.75 Å². The van der Waals surface area contributed by atoms with Gasteiger partial charge in [0.25, 0.3) is 5.91 Å². The van der Waals surface area contributed by atoms with Gasteiger partial charge in [-0.05, 0) is 18.2 Å². The second-order valence-corrected chi connectivity index (χ2v) is 6.46. The van der Waals surface area contributed by atoms with Gasteiger partial charge in [-0.3, -0.25) is 4.79 Å². The monoisotopic (exact) mass is 336 g/mol. The van der Waals surface area contributed by atoms with E-state index in [0.717, 1.165) is 0 Å². The van der Waals surface area contributed by atoms with E-state index in [0.29, 0.717) is 0 Å². The van der Waals surface area contributed by atoms with Crippen LogP contribution in [0.25, 0.3) is 0 Å². The zero-order chi connectivity index (χ0) is 16.0. The SMILES string of the molecule is CN(C)C(=O)COc1ccc(S(=O)(=O)NCCO)cc1Cl. The average Bonchev–Trinajstić information content (AvgIpc) is 2.43. The van der Waals surface area contributed by atoms with E-state index in [9.17, 15) is 13.2 Å². The van der Waals surface area contributed by atoms with E-state index in [-0.39, 0.29) is 41.3 Å². The van der Waals surface area contributed by atoms with E-state index < -0.39 is 10.0 Å². The Bertz CT molecular complexity index is 604. The van der Waals surface area contributed by atoms with E-state index in [1.165, 1.54) is 23.1 Å². The third-order valence-electron chi connectivity index (χ3n) is 2.47. The molecule has 0 aliphatic rings. The van der Waals surface area contributed by atoms with Gasteiger partial charge in [0, 0.05) is 20.6 Å². The average molecular weight is 337 g/mol. The number of hydrogen-bond acceptors (Lipinski definition) is 5. The molecule has 1 amide bonds. The van der Waals surface area contributed by atoms with Crippen LogP contribution < -0.4 is 9.46 Å². The Kier molecular flexibility index (Phi) is 6.41. The molecule has 1 aromatic carbocycles. The van der Waals surface area contributed by atoms with E-state index >= 15 is 0 Å². The zero-order valence-electron chi connectivity index (χ0n) is 11.7. The molecule has 0 spiro atoms. The van der Waals surface area contributed by atoms with Crippen LogP contribution in [0.2, 0.25) is 5.02 Å². The summed E-state index contributed by atoms with van der Waals surface area (Å²) in [5.41, 5.74) is 0. The molecule has 118 valence electrons. The quantitative estimate of drug-likeness (QED) is 0.735. The van der Waals surface area contributed by atoms with Gasteiger partial charge < -0.3 is 14.7 Å². The van der Waals surface area contributed by atoms with Gasteiger partial charge in [0.05, 0.1) is 16.5 Å². The van der Waals surface area contributed by atoms with Crippen molar-refractivity contribution in [2.75, 3.05) is 33.9 Å². The van der Waals surface area contributed by atoms with Crippen molar-refractivity contribution in [2.24, 2.45) is 0 Å². The molecule has 0 bridgehead atoms. The number of ether oxygens (including phenoxy) is 1. The lowest BCUT2D eigenvalue weighted by Gasteiger charge is -2.13. The highest BCUT2D eigenvalue weighted by atomic mass is 35.5. The predicted octanol–water partition coefficient (Wildman–Crippen LogP) is 0.0776. The molecule has 0 saturated heterocycles. The van der Waals surface area contributed by atoms with Crippen LogP contribution in [0.1, 0.15) is 0 Å². The van der Waals surface area contributed by atoms with Crippen molar-refractivity contribution in [2.45, 2.75) is 4.90 Å². The molecule has 7 nitrogen and oxygen atoms in total. The lowest BCUT2D eigenvalue weighted by molar-refractivity contribution is -0.130. The Morgan fingerprint density at radius 3 is 2.62 bits per heavy atom. The van der Waals surface area contributed by atoms with Crippen molar-refractivity contribution < 1.29 is 23.1 Å². The standard InChI is InChI=1S/C12H17ClN2O5S/c1-15(2)12(17)8-20-11-4-3-9(7-10(11)13)21(18,19)14-5-6-16/h3-4,7,14,16H,5-6,8H2,1-2H3. The summed E-state index contributed by atoms with van der Waals surface area (Å²) in [6.07, 6.45) is 0. The fraction of sp³-hybridized carbons (Fsp3) is 0.417. The number of hydrogen-bond donors (Lipinski definition) is 2. The summed E-state index contributed by atoms with van der Waals surface area (Å²) in [5.74, 6) is -0.0275. The zero-order valence-corrected chi connectivity index (χ0v) is 13.2. The van der Waals surface area contributed by atoms with E-state index in [1.54, 1.807) is 14.1 Å². The van der Waals surface area contributed by atoms with Crippen molar-refractivity contribution >= 4 is 27.5 Å². The van der Waals surface area contributed by atoms with Crippen LogP contribution in [0.4, 0.5) is 0 Å². The van der Waals surface area contributed by atoms with Crippen molar-refractivity contribution in [1.82, 2.24) is 9.62 Å². The third kappa shape index (κ3) is 5.16. The van der Waals surface area contributed by atoms with Gasteiger partial charge in [-0.2, -0.15) is 0 Å². The second-order valence-electron chi connectivity index (χ2n) is 4.29. The number of nitrogens with zero attached hydrogens (tertiary/aromatic N) is 1. The van der Waals surface area contributed by atoms with Crippen LogP contribution in [0.5, 0.6) is 5.75 Å². The minimum absolute atomic E-state index is 0.0489. The van der Waals surface area contributed by atoms with Gasteiger partial charge in [-0.25, -0.2) is 13.1 Å². The summed E-state index contributed by atoms with van der Waals surface area (Å²) >= 11 is 5.94. The summed E-state index contributed by atoms with van der Waals surface area (Å²) in [5, 5.41) is 8.71. The first-order chi connectivity index (χ1) is 9.77. The molecule has 0 aromatic heterocycles. The Labute approximate surface area is 128 Å². The highest BCUT2D eigenvalue weighted by molar-refractivity contribution is 7.89. The highest BCUT2D eigenvalue weighted by Gasteiger charge is 2.16. The number of nitrogens with one attached hydrogen (secondary N) is 1. The number of carbonyl (C=O) groups excluding carboxylic acids is 1. The molecule has 0 fully saturated rings. The summed E-state index contributed by atoms with van der Waals surface area (Å²) in [6.45, 7) is -0.585. The maximum atomic E-state index is 11.8. The minimum atomic E-state index is -3.73. The number of carbonyl (C=O) groups is 1. The first-order valence-electron chi connectivity index (χ1n) is 6.01. The number of likely N-dealkylation sites (N-methyl/N-ethyl adjacent to an activating group) is 1. The number of halogens is 1. The summed E-state index contributed by atoms with van der Waals surface area (Å²) in [6, 6.07) is 3.90. The maximum absolute atomic E-state index is 11.8. The smallest absolute Gasteiger partial charge is 0.259 e.